The van der Waals surface area contributed by atoms with Crippen LogP contribution in [0.25, 0.3) is 21.7 Å². The molecule has 0 aliphatic heterocycles. The number of amides is 2. The SMILES string of the molecule is CCNC(=O)Nc1nc(-c2ccc(OC)cc2)c(-c2ccncc2)s1. The molecule has 7 heteroatoms. The number of carbonyl (C=O) groups is 1. The molecule has 2 heterocycles. The summed E-state index contributed by atoms with van der Waals surface area (Å²) in [6, 6.07) is 11.3. The van der Waals surface area contributed by atoms with E-state index in [4.69, 9.17) is 4.74 Å². The first-order valence-electron chi connectivity index (χ1n) is 7.81. The Morgan fingerprint density at radius 1 is 1.12 bits per heavy atom. The molecule has 0 unspecified atom stereocenters. The van der Waals surface area contributed by atoms with E-state index in [2.05, 4.69) is 20.6 Å². The van der Waals surface area contributed by atoms with Crippen molar-refractivity contribution in [2.75, 3.05) is 19.0 Å². The normalized spacial score (nSPS) is 10.3. The number of nitrogens with one attached hydrogen (secondary N) is 2. The Morgan fingerprint density at radius 3 is 2.48 bits per heavy atom. The van der Waals surface area contributed by atoms with E-state index in [1.807, 2.05) is 43.3 Å². The Morgan fingerprint density at radius 2 is 1.84 bits per heavy atom. The van der Waals surface area contributed by atoms with E-state index in [-0.39, 0.29) is 6.03 Å². The molecule has 3 rings (SSSR count). The molecule has 0 aliphatic carbocycles. The van der Waals surface area contributed by atoms with Crippen LogP contribution in [0.4, 0.5) is 9.93 Å². The fourth-order valence-electron chi connectivity index (χ4n) is 2.32. The molecule has 2 amide bonds. The van der Waals surface area contributed by atoms with E-state index in [0.29, 0.717) is 11.7 Å². The first-order valence-corrected chi connectivity index (χ1v) is 8.63. The zero-order chi connectivity index (χ0) is 17.6. The molecule has 6 nitrogen and oxygen atoms in total. The minimum Gasteiger partial charge on any atom is -0.497 e. The summed E-state index contributed by atoms with van der Waals surface area (Å²) in [6.45, 7) is 2.42. The standard InChI is InChI=1S/C18H18N4O2S/c1-3-20-17(23)22-18-21-15(12-4-6-14(24-2)7-5-12)16(25-18)13-8-10-19-11-9-13/h4-11H,3H2,1-2H3,(H2,20,21,22,23). The van der Waals surface area contributed by atoms with Gasteiger partial charge in [-0.2, -0.15) is 0 Å². The first kappa shape index (κ1) is 16.9. The third-order valence-corrected chi connectivity index (χ3v) is 4.51. The number of urea groups is 1. The van der Waals surface area contributed by atoms with Gasteiger partial charge in [0.15, 0.2) is 5.13 Å². The predicted octanol–water partition coefficient (Wildman–Crippen LogP) is 4.02. The topological polar surface area (TPSA) is 76.1 Å². The highest BCUT2D eigenvalue weighted by Crippen LogP contribution is 2.39. The van der Waals surface area contributed by atoms with Gasteiger partial charge >= 0.3 is 6.03 Å². The number of hydrogen-bond donors (Lipinski definition) is 2. The molecular formula is C18H18N4O2S. The lowest BCUT2D eigenvalue weighted by atomic mass is 10.1. The Hall–Kier alpha value is -2.93. The summed E-state index contributed by atoms with van der Waals surface area (Å²) >= 11 is 1.43. The quantitative estimate of drug-likeness (QED) is 0.725. The van der Waals surface area contributed by atoms with Gasteiger partial charge in [-0.1, -0.05) is 11.3 Å². The Kier molecular flexibility index (Phi) is 5.25. The molecule has 0 atom stereocenters. The van der Waals surface area contributed by atoms with Crippen molar-refractivity contribution in [3.8, 4) is 27.4 Å². The van der Waals surface area contributed by atoms with E-state index in [1.165, 1.54) is 11.3 Å². The molecule has 0 bridgehead atoms. The highest BCUT2D eigenvalue weighted by molar-refractivity contribution is 7.19. The van der Waals surface area contributed by atoms with Crippen molar-refractivity contribution in [2.45, 2.75) is 6.92 Å². The Balaban J connectivity index is 2.01. The van der Waals surface area contributed by atoms with Crippen LogP contribution in [0.15, 0.2) is 48.8 Å². The van der Waals surface area contributed by atoms with Crippen LogP contribution in [-0.4, -0.2) is 29.7 Å². The van der Waals surface area contributed by atoms with Crippen molar-refractivity contribution < 1.29 is 9.53 Å². The number of methoxy groups -OCH3 is 1. The molecule has 0 fully saturated rings. The fraction of sp³-hybridized carbons (Fsp3) is 0.167. The highest BCUT2D eigenvalue weighted by Gasteiger charge is 2.16. The molecule has 0 radical (unpaired) electrons. The average molecular weight is 354 g/mol. The zero-order valence-corrected chi connectivity index (χ0v) is 14.8. The lowest BCUT2D eigenvalue weighted by Gasteiger charge is -2.04. The highest BCUT2D eigenvalue weighted by atomic mass is 32.1. The summed E-state index contributed by atoms with van der Waals surface area (Å²) in [4.78, 5) is 21.5. The minimum absolute atomic E-state index is 0.265. The van der Waals surface area contributed by atoms with Crippen LogP contribution in [0.5, 0.6) is 5.75 Å². The molecule has 0 spiro atoms. The van der Waals surface area contributed by atoms with Crippen LogP contribution in [0.1, 0.15) is 6.92 Å². The number of hydrogen-bond acceptors (Lipinski definition) is 5. The summed E-state index contributed by atoms with van der Waals surface area (Å²) in [5, 5.41) is 6.04. The van der Waals surface area contributed by atoms with Gasteiger partial charge < -0.3 is 10.1 Å². The van der Waals surface area contributed by atoms with E-state index in [9.17, 15) is 4.79 Å². The summed E-state index contributed by atoms with van der Waals surface area (Å²) in [5.41, 5.74) is 2.76. The molecule has 128 valence electrons. The van der Waals surface area contributed by atoms with Gasteiger partial charge in [0, 0.05) is 24.5 Å². The average Bonchev–Trinajstić information content (AvgIpc) is 3.06. The van der Waals surface area contributed by atoms with Crippen molar-refractivity contribution in [2.24, 2.45) is 0 Å². The number of rotatable bonds is 5. The van der Waals surface area contributed by atoms with Crippen LogP contribution < -0.4 is 15.4 Å². The van der Waals surface area contributed by atoms with E-state index < -0.39 is 0 Å². The van der Waals surface area contributed by atoms with Gasteiger partial charge in [-0.3, -0.25) is 10.3 Å². The van der Waals surface area contributed by atoms with Gasteiger partial charge in [0.25, 0.3) is 0 Å². The van der Waals surface area contributed by atoms with Gasteiger partial charge in [-0.05, 0) is 48.9 Å². The second kappa shape index (κ2) is 7.76. The maximum atomic E-state index is 11.8. The number of pyridine rings is 1. The van der Waals surface area contributed by atoms with Crippen LogP contribution in [0.3, 0.4) is 0 Å². The van der Waals surface area contributed by atoms with Crippen molar-refractivity contribution in [3.05, 3.63) is 48.8 Å². The van der Waals surface area contributed by atoms with Gasteiger partial charge in [-0.25, -0.2) is 9.78 Å². The summed E-state index contributed by atoms with van der Waals surface area (Å²) < 4.78 is 5.21. The second-order valence-corrected chi connectivity index (χ2v) is 6.14. The third-order valence-electron chi connectivity index (χ3n) is 3.49. The first-order chi connectivity index (χ1) is 12.2. The summed E-state index contributed by atoms with van der Waals surface area (Å²) in [5.74, 6) is 0.783. The molecule has 0 saturated heterocycles. The second-order valence-electron chi connectivity index (χ2n) is 5.15. The maximum absolute atomic E-state index is 11.8. The number of nitrogens with zero attached hydrogens (tertiary/aromatic N) is 2. The number of anilines is 1. The van der Waals surface area contributed by atoms with Crippen molar-refractivity contribution in [1.82, 2.24) is 15.3 Å². The molecule has 1 aromatic carbocycles. The van der Waals surface area contributed by atoms with Crippen LogP contribution in [0, 0.1) is 0 Å². The molecular weight excluding hydrogens is 336 g/mol. The van der Waals surface area contributed by atoms with Gasteiger partial charge in [0.1, 0.15) is 5.75 Å². The molecule has 2 N–H and O–H groups in total. The van der Waals surface area contributed by atoms with E-state index in [0.717, 1.165) is 27.4 Å². The molecule has 25 heavy (non-hydrogen) atoms. The number of carbonyl (C=O) groups excluding carboxylic acids is 1. The number of aromatic nitrogens is 2. The van der Waals surface area contributed by atoms with Crippen molar-refractivity contribution in [1.29, 1.82) is 0 Å². The monoisotopic (exact) mass is 354 g/mol. The lowest BCUT2D eigenvalue weighted by molar-refractivity contribution is 0.252. The Labute approximate surface area is 149 Å². The molecule has 2 aromatic heterocycles. The largest absolute Gasteiger partial charge is 0.497 e. The van der Waals surface area contributed by atoms with E-state index in [1.54, 1.807) is 19.5 Å². The summed E-state index contributed by atoms with van der Waals surface area (Å²) in [7, 11) is 1.63. The fourth-order valence-corrected chi connectivity index (χ4v) is 3.31. The zero-order valence-electron chi connectivity index (χ0n) is 13.9. The van der Waals surface area contributed by atoms with Gasteiger partial charge in [0.2, 0.25) is 0 Å². The number of thiazole rings is 1. The van der Waals surface area contributed by atoms with E-state index >= 15 is 0 Å². The smallest absolute Gasteiger partial charge is 0.321 e. The molecule has 0 aliphatic rings. The third kappa shape index (κ3) is 3.95. The molecule has 3 aromatic rings. The Bertz CT molecular complexity index is 847. The summed E-state index contributed by atoms with van der Waals surface area (Å²) in [6.07, 6.45) is 3.48. The number of benzene rings is 1. The van der Waals surface area contributed by atoms with Crippen LogP contribution >= 0.6 is 11.3 Å². The van der Waals surface area contributed by atoms with Gasteiger partial charge in [-0.15, -0.1) is 0 Å². The maximum Gasteiger partial charge on any atom is 0.321 e. The van der Waals surface area contributed by atoms with Crippen molar-refractivity contribution >= 4 is 22.5 Å². The lowest BCUT2D eigenvalue weighted by Crippen LogP contribution is -2.28. The van der Waals surface area contributed by atoms with Crippen LogP contribution in [-0.2, 0) is 0 Å². The minimum atomic E-state index is -0.265. The number of ether oxygens (including phenoxy) is 1. The van der Waals surface area contributed by atoms with Crippen molar-refractivity contribution in [3.63, 3.8) is 0 Å². The molecule has 0 saturated carbocycles. The van der Waals surface area contributed by atoms with Gasteiger partial charge in [0.05, 0.1) is 17.7 Å². The predicted molar refractivity (Wildman–Crippen MR) is 100 cm³/mol. The van der Waals surface area contributed by atoms with Crippen LogP contribution in [0.2, 0.25) is 0 Å².